The van der Waals surface area contributed by atoms with Crippen LogP contribution in [0, 0.1) is 10.8 Å². The van der Waals surface area contributed by atoms with Gasteiger partial charge in [0.2, 0.25) is 0 Å². The van der Waals surface area contributed by atoms with Gasteiger partial charge in [0.1, 0.15) is 12.4 Å². The lowest BCUT2D eigenvalue weighted by atomic mass is 9.74. The summed E-state index contributed by atoms with van der Waals surface area (Å²) in [6.45, 7) is 8.08. The second kappa shape index (κ2) is 11.6. The van der Waals surface area contributed by atoms with Crippen LogP contribution in [0.2, 0.25) is 0 Å². The normalized spacial score (nSPS) is 16.7. The van der Waals surface area contributed by atoms with E-state index in [1.807, 2.05) is 19.1 Å². The molecule has 9 nitrogen and oxygen atoms in total. The van der Waals surface area contributed by atoms with Crippen molar-refractivity contribution in [3.63, 3.8) is 0 Å². The molecule has 1 aromatic heterocycles. The molecule has 1 aromatic carbocycles. The molecule has 36 heavy (non-hydrogen) atoms. The Morgan fingerprint density at radius 2 is 1.92 bits per heavy atom. The Balaban J connectivity index is 0.00000176. The first-order valence-corrected chi connectivity index (χ1v) is 12.6. The van der Waals surface area contributed by atoms with Crippen LogP contribution in [0.5, 0.6) is 11.5 Å². The van der Waals surface area contributed by atoms with Crippen molar-refractivity contribution < 1.29 is 9.47 Å². The average molecular weight is 512 g/mol. The number of nitrogens with two attached hydrogens (primary N) is 3. The van der Waals surface area contributed by atoms with Crippen LogP contribution >= 0.6 is 12.6 Å². The monoisotopic (exact) mass is 511 g/mol. The van der Waals surface area contributed by atoms with Crippen LogP contribution in [0.4, 0.5) is 11.5 Å². The van der Waals surface area contributed by atoms with Gasteiger partial charge >= 0.3 is 0 Å². The standard InChI is InChI=1S/C25H33N7O2.CH4S/c1-15(8-26)19(16(2)27)10-34-22-6-18(20(28)7-21(22)33-3)24(29)17-4-5-23(31-9-17)32-13-25(14-32)11-30-12-25;1-2/h4-9,29-30H,10-14,26-28H2,1-3H3;2H,1H3/b15-8-,19-16-,29-24?;. The molecule has 8 N–H and O–H groups in total. The Hall–Kier alpha value is -3.37. The van der Waals surface area contributed by atoms with Crippen LogP contribution in [0.3, 0.4) is 0 Å². The molecule has 0 atom stereocenters. The Labute approximate surface area is 218 Å². The summed E-state index contributed by atoms with van der Waals surface area (Å²) in [7, 11) is 1.55. The summed E-state index contributed by atoms with van der Waals surface area (Å²) >= 11 is 3.53. The quantitative estimate of drug-likeness (QED) is 0.137. The molecule has 0 bridgehead atoms. The van der Waals surface area contributed by atoms with Crippen molar-refractivity contribution in [2.45, 2.75) is 13.8 Å². The fourth-order valence-corrected chi connectivity index (χ4v) is 4.36. The number of rotatable bonds is 8. The molecule has 0 radical (unpaired) electrons. The molecule has 2 fully saturated rings. The molecule has 0 unspecified atom stereocenters. The van der Waals surface area contributed by atoms with Gasteiger partial charge in [-0.2, -0.15) is 12.6 Å². The van der Waals surface area contributed by atoms with Crippen LogP contribution in [0.25, 0.3) is 0 Å². The summed E-state index contributed by atoms with van der Waals surface area (Å²) in [6.07, 6.45) is 4.91. The summed E-state index contributed by atoms with van der Waals surface area (Å²) in [5.41, 5.74) is 22.5. The number of allylic oxidation sites excluding steroid dienone is 1. The third kappa shape index (κ3) is 5.55. The molecule has 0 aliphatic carbocycles. The number of benzene rings is 1. The molecule has 2 saturated heterocycles. The van der Waals surface area contributed by atoms with Crippen LogP contribution in [-0.4, -0.2) is 56.8 Å². The Morgan fingerprint density at radius 3 is 2.42 bits per heavy atom. The fourth-order valence-electron chi connectivity index (χ4n) is 4.36. The molecule has 4 rings (SSSR count). The van der Waals surface area contributed by atoms with Crippen molar-refractivity contribution in [1.82, 2.24) is 10.3 Å². The summed E-state index contributed by atoms with van der Waals surface area (Å²) in [6, 6.07) is 7.26. The zero-order chi connectivity index (χ0) is 26.5. The summed E-state index contributed by atoms with van der Waals surface area (Å²) < 4.78 is 11.5. The second-order valence-corrected chi connectivity index (χ2v) is 9.13. The van der Waals surface area contributed by atoms with Gasteiger partial charge in [-0.1, -0.05) is 0 Å². The van der Waals surface area contributed by atoms with Gasteiger partial charge in [0.25, 0.3) is 0 Å². The number of methoxy groups -OCH3 is 1. The first kappa shape index (κ1) is 27.2. The van der Waals surface area contributed by atoms with E-state index in [-0.39, 0.29) is 12.3 Å². The first-order chi connectivity index (χ1) is 17.3. The topological polar surface area (TPSA) is 149 Å². The number of nitrogens with zero attached hydrogens (tertiary/aromatic N) is 2. The van der Waals surface area contributed by atoms with Crippen molar-refractivity contribution in [2.75, 3.05) is 56.8 Å². The molecular formula is C26H37N7O2S. The minimum Gasteiger partial charge on any atom is -0.493 e. The van der Waals surface area contributed by atoms with E-state index in [1.165, 1.54) is 6.20 Å². The fraction of sp³-hybridized carbons (Fsp3) is 0.385. The summed E-state index contributed by atoms with van der Waals surface area (Å²) in [5, 5.41) is 12.1. The minimum atomic E-state index is 0.206. The number of nitrogens with one attached hydrogen (secondary N) is 2. The van der Waals surface area contributed by atoms with Gasteiger partial charge in [-0.3, -0.25) is 5.41 Å². The molecule has 0 saturated carbocycles. The number of hydrogen-bond donors (Lipinski definition) is 6. The smallest absolute Gasteiger partial charge is 0.162 e. The number of ether oxygens (including phenoxy) is 2. The lowest BCUT2D eigenvalue weighted by molar-refractivity contribution is 0.120. The highest BCUT2D eigenvalue weighted by atomic mass is 32.1. The van der Waals surface area contributed by atoms with E-state index in [1.54, 1.807) is 38.6 Å². The van der Waals surface area contributed by atoms with Gasteiger partial charge < -0.3 is 36.9 Å². The molecule has 10 heteroatoms. The summed E-state index contributed by atoms with van der Waals surface area (Å²) in [4.78, 5) is 6.86. The van der Waals surface area contributed by atoms with E-state index in [2.05, 4.69) is 27.8 Å². The highest BCUT2D eigenvalue weighted by molar-refractivity contribution is 7.79. The maximum atomic E-state index is 8.76. The van der Waals surface area contributed by atoms with Gasteiger partial charge in [0.15, 0.2) is 11.5 Å². The third-order valence-electron chi connectivity index (χ3n) is 6.59. The number of thiol groups is 1. The van der Waals surface area contributed by atoms with Crippen molar-refractivity contribution in [1.29, 1.82) is 5.41 Å². The zero-order valence-electron chi connectivity index (χ0n) is 21.4. The predicted molar refractivity (Wildman–Crippen MR) is 150 cm³/mol. The first-order valence-electron chi connectivity index (χ1n) is 11.7. The molecule has 2 aliphatic rings. The SMILES string of the molecule is COc1cc(N)c(C(=N)c2ccc(N3CC4(CNC4)C3)nc2)cc1OCC(/C(C)=C\N)=C(\C)N.CS. The Kier molecular flexibility index (Phi) is 8.75. The van der Waals surface area contributed by atoms with E-state index in [4.69, 9.17) is 32.1 Å². The number of anilines is 2. The zero-order valence-corrected chi connectivity index (χ0v) is 22.3. The van der Waals surface area contributed by atoms with Crippen LogP contribution in [0.15, 0.2) is 53.5 Å². The Morgan fingerprint density at radius 1 is 1.22 bits per heavy atom. The highest BCUT2D eigenvalue weighted by Gasteiger charge is 2.47. The van der Waals surface area contributed by atoms with E-state index in [0.717, 1.165) is 43.1 Å². The number of pyridine rings is 1. The average Bonchev–Trinajstić information content (AvgIpc) is 2.83. The molecule has 2 aromatic rings. The van der Waals surface area contributed by atoms with Gasteiger partial charge in [0.05, 0.1) is 12.8 Å². The van der Waals surface area contributed by atoms with Gasteiger partial charge in [-0.15, -0.1) is 0 Å². The van der Waals surface area contributed by atoms with Crippen molar-refractivity contribution in [3.05, 3.63) is 64.6 Å². The minimum absolute atomic E-state index is 0.206. The maximum Gasteiger partial charge on any atom is 0.162 e. The van der Waals surface area contributed by atoms with E-state index >= 15 is 0 Å². The van der Waals surface area contributed by atoms with E-state index in [9.17, 15) is 0 Å². The number of nitrogen functional groups attached to an aromatic ring is 1. The van der Waals surface area contributed by atoms with Crippen molar-refractivity contribution >= 4 is 29.8 Å². The summed E-state index contributed by atoms with van der Waals surface area (Å²) in [5.74, 6) is 1.87. The predicted octanol–water partition coefficient (Wildman–Crippen LogP) is 2.52. The molecule has 2 aliphatic heterocycles. The molecule has 0 amide bonds. The van der Waals surface area contributed by atoms with Crippen molar-refractivity contribution in [2.24, 2.45) is 16.9 Å². The molecule has 194 valence electrons. The lowest BCUT2D eigenvalue weighted by Gasteiger charge is -2.56. The van der Waals surface area contributed by atoms with Crippen LogP contribution < -0.4 is 36.9 Å². The van der Waals surface area contributed by atoms with Crippen LogP contribution in [0.1, 0.15) is 25.0 Å². The van der Waals surface area contributed by atoms with Gasteiger partial charge in [0, 0.05) is 71.9 Å². The maximum absolute atomic E-state index is 8.76. The number of hydrogen-bond acceptors (Lipinski definition) is 10. The van der Waals surface area contributed by atoms with E-state index < -0.39 is 0 Å². The Bertz CT molecular complexity index is 1150. The van der Waals surface area contributed by atoms with E-state index in [0.29, 0.717) is 39.4 Å². The van der Waals surface area contributed by atoms with Crippen molar-refractivity contribution in [3.8, 4) is 11.5 Å². The van der Waals surface area contributed by atoms with Crippen LogP contribution in [-0.2, 0) is 0 Å². The second-order valence-electron chi connectivity index (χ2n) is 9.13. The van der Waals surface area contributed by atoms with Gasteiger partial charge in [-0.25, -0.2) is 4.98 Å². The highest BCUT2D eigenvalue weighted by Crippen LogP contribution is 2.37. The molecule has 1 spiro atoms. The third-order valence-corrected chi connectivity index (χ3v) is 6.59. The molecule has 3 heterocycles. The molecular weight excluding hydrogens is 474 g/mol. The number of aromatic nitrogens is 1. The lowest BCUT2D eigenvalue weighted by Crippen LogP contribution is -2.71. The largest absolute Gasteiger partial charge is 0.493 e. The van der Waals surface area contributed by atoms with Gasteiger partial charge in [-0.05, 0) is 50.1 Å².